The molecule has 0 saturated heterocycles. The van der Waals surface area contributed by atoms with Crippen molar-refractivity contribution in [3.05, 3.63) is 41.5 Å². The van der Waals surface area contributed by atoms with E-state index in [4.69, 9.17) is 0 Å². The number of phenolic OH excluding ortho intramolecular Hbond substituents is 1. The molecule has 19 heavy (non-hydrogen) atoms. The lowest BCUT2D eigenvalue weighted by Crippen LogP contribution is -2.11. The van der Waals surface area contributed by atoms with Gasteiger partial charge in [-0.15, -0.1) is 0 Å². The highest BCUT2D eigenvalue weighted by atomic mass is 16.5. The average molecular weight is 260 g/mol. The van der Waals surface area contributed by atoms with E-state index in [0.717, 1.165) is 0 Å². The second-order valence-electron chi connectivity index (χ2n) is 3.88. The molecule has 0 atom stereocenters. The maximum atomic E-state index is 11.7. The minimum Gasteiger partial charge on any atom is -0.507 e. The Bertz CT molecular complexity index is 660. The van der Waals surface area contributed by atoms with Crippen LogP contribution in [0.2, 0.25) is 0 Å². The Labute approximate surface area is 109 Å². The maximum Gasteiger partial charge on any atom is 0.338 e. The SMILES string of the molecule is COC(=O)c1cc2cccc(O)c2cc1C(=O)OC. The van der Waals surface area contributed by atoms with Gasteiger partial charge in [0.2, 0.25) is 0 Å². The first-order chi connectivity index (χ1) is 9.08. The fourth-order valence-electron chi connectivity index (χ4n) is 1.87. The molecule has 0 fully saturated rings. The Kier molecular flexibility index (Phi) is 3.37. The van der Waals surface area contributed by atoms with E-state index >= 15 is 0 Å². The van der Waals surface area contributed by atoms with Crippen LogP contribution in [0.15, 0.2) is 30.3 Å². The third kappa shape index (κ3) is 2.22. The van der Waals surface area contributed by atoms with Gasteiger partial charge >= 0.3 is 11.9 Å². The van der Waals surface area contributed by atoms with Gasteiger partial charge in [0, 0.05) is 5.39 Å². The van der Waals surface area contributed by atoms with Crippen molar-refractivity contribution < 1.29 is 24.2 Å². The highest BCUT2D eigenvalue weighted by Crippen LogP contribution is 2.28. The number of carbonyl (C=O) groups excluding carboxylic acids is 2. The monoisotopic (exact) mass is 260 g/mol. The number of carbonyl (C=O) groups is 2. The van der Waals surface area contributed by atoms with Gasteiger partial charge in [-0.1, -0.05) is 12.1 Å². The zero-order chi connectivity index (χ0) is 14.0. The van der Waals surface area contributed by atoms with Gasteiger partial charge in [-0.05, 0) is 23.6 Å². The summed E-state index contributed by atoms with van der Waals surface area (Å²) >= 11 is 0. The number of benzene rings is 2. The number of esters is 2. The van der Waals surface area contributed by atoms with Gasteiger partial charge in [0.25, 0.3) is 0 Å². The lowest BCUT2D eigenvalue weighted by molar-refractivity contribution is 0.0555. The van der Waals surface area contributed by atoms with Crippen LogP contribution in [0.3, 0.4) is 0 Å². The Balaban J connectivity index is 2.78. The second kappa shape index (κ2) is 4.97. The molecule has 0 amide bonds. The van der Waals surface area contributed by atoms with Crippen LogP contribution in [-0.4, -0.2) is 31.3 Å². The summed E-state index contributed by atoms with van der Waals surface area (Å²) in [5.74, 6) is -1.27. The van der Waals surface area contributed by atoms with E-state index < -0.39 is 11.9 Å². The molecule has 0 radical (unpaired) electrons. The molecule has 98 valence electrons. The van der Waals surface area contributed by atoms with Crippen molar-refractivity contribution in [2.75, 3.05) is 14.2 Å². The smallest absolute Gasteiger partial charge is 0.338 e. The van der Waals surface area contributed by atoms with Gasteiger partial charge in [-0.25, -0.2) is 9.59 Å². The van der Waals surface area contributed by atoms with Crippen molar-refractivity contribution in [1.29, 1.82) is 0 Å². The first-order valence-corrected chi connectivity index (χ1v) is 5.51. The van der Waals surface area contributed by atoms with E-state index in [2.05, 4.69) is 9.47 Å². The Morgan fingerprint density at radius 2 is 1.58 bits per heavy atom. The lowest BCUT2D eigenvalue weighted by atomic mass is 10.0. The summed E-state index contributed by atoms with van der Waals surface area (Å²) in [5.41, 5.74) is 0.163. The van der Waals surface area contributed by atoms with Crippen molar-refractivity contribution in [2.45, 2.75) is 0 Å². The van der Waals surface area contributed by atoms with E-state index in [-0.39, 0.29) is 16.9 Å². The zero-order valence-electron chi connectivity index (χ0n) is 10.5. The molecule has 0 spiro atoms. The summed E-state index contributed by atoms with van der Waals surface area (Å²) in [6.45, 7) is 0. The fourth-order valence-corrected chi connectivity index (χ4v) is 1.87. The maximum absolute atomic E-state index is 11.7. The van der Waals surface area contributed by atoms with Crippen LogP contribution in [-0.2, 0) is 9.47 Å². The van der Waals surface area contributed by atoms with E-state index in [0.29, 0.717) is 10.8 Å². The summed E-state index contributed by atoms with van der Waals surface area (Å²) in [6, 6.07) is 7.79. The van der Waals surface area contributed by atoms with Crippen molar-refractivity contribution in [2.24, 2.45) is 0 Å². The van der Waals surface area contributed by atoms with Gasteiger partial charge in [0.1, 0.15) is 5.75 Å². The van der Waals surface area contributed by atoms with Crippen LogP contribution in [0.4, 0.5) is 0 Å². The Morgan fingerprint density at radius 1 is 1.00 bits per heavy atom. The predicted octanol–water partition coefficient (Wildman–Crippen LogP) is 2.12. The lowest BCUT2D eigenvalue weighted by Gasteiger charge is -2.09. The number of fused-ring (bicyclic) bond motifs is 1. The predicted molar refractivity (Wildman–Crippen MR) is 68.3 cm³/mol. The summed E-state index contributed by atoms with van der Waals surface area (Å²) in [4.78, 5) is 23.4. The molecule has 5 nitrogen and oxygen atoms in total. The molecule has 2 aromatic carbocycles. The van der Waals surface area contributed by atoms with E-state index in [1.54, 1.807) is 12.1 Å². The number of methoxy groups -OCH3 is 2. The van der Waals surface area contributed by atoms with Gasteiger partial charge in [0.05, 0.1) is 25.3 Å². The highest BCUT2D eigenvalue weighted by molar-refractivity contribution is 6.08. The average Bonchev–Trinajstić information content (AvgIpc) is 2.44. The number of aromatic hydroxyl groups is 1. The third-order valence-electron chi connectivity index (χ3n) is 2.81. The molecule has 0 unspecified atom stereocenters. The molecule has 0 bridgehead atoms. The van der Waals surface area contributed by atoms with Crippen LogP contribution in [0.5, 0.6) is 5.75 Å². The number of hydrogen-bond donors (Lipinski definition) is 1. The normalized spacial score (nSPS) is 10.2. The molecule has 5 heteroatoms. The molecule has 0 aliphatic heterocycles. The minimum absolute atomic E-state index is 0.0269. The van der Waals surface area contributed by atoms with E-state index in [1.807, 2.05) is 0 Å². The molecule has 0 saturated carbocycles. The summed E-state index contributed by atoms with van der Waals surface area (Å²) in [6.07, 6.45) is 0. The van der Waals surface area contributed by atoms with Crippen LogP contribution in [0.25, 0.3) is 10.8 Å². The molecule has 2 rings (SSSR count). The van der Waals surface area contributed by atoms with Crippen LogP contribution < -0.4 is 0 Å². The Hall–Kier alpha value is -2.56. The van der Waals surface area contributed by atoms with Gasteiger partial charge in [-0.2, -0.15) is 0 Å². The quantitative estimate of drug-likeness (QED) is 0.837. The molecule has 0 aliphatic rings. The number of hydrogen-bond acceptors (Lipinski definition) is 5. The van der Waals surface area contributed by atoms with Crippen molar-refractivity contribution in [3.63, 3.8) is 0 Å². The Morgan fingerprint density at radius 3 is 2.16 bits per heavy atom. The van der Waals surface area contributed by atoms with E-state index in [1.165, 1.54) is 32.4 Å². The summed E-state index contributed by atoms with van der Waals surface area (Å²) in [5, 5.41) is 10.9. The molecule has 0 heterocycles. The fraction of sp³-hybridized carbons (Fsp3) is 0.143. The summed E-state index contributed by atoms with van der Waals surface area (Å²) in [7, 11) is 2.45. The zero-order valence-corrected chi connectivity index (χ0v) is 10.5. The number of rotatable bonds is 2. The van der Waals surface area contributed by atoms with Crippen LogP contribution in [0.1, 0.15) is 20.7 Å². The van der Waals surface area contributed by atoms with Crippen LogP contribution in [0, 0.1) is 0 Å². The molecule has 0 aliphatic carbocycles. The highest BCUT2D eigenvalue weighted by Gasteiger charge is 2.20. The number of phenols is 1. The summed E-state index contributed by atoms with van der Waals surface area (Å²) < 4.78 is 9.27. The van der Waals surface area contributed by atoms with Gasteiger partial charge in [0.15, 0.2) is 0 Å². The van der Waals surface area contributed by atoms with Crippen molar-refractivity contribution in [3.8, 4) is 5.75 Å². The second-order valence-corrected chi connectivity index (χ2v) is 3.88. The first kappa shape index (κ1) is 12.9. The molecular formula is C14H12O5. The first-order valence-electron chi connectivity index (χ1n) is 5.51. The number of ether oxygens (including phenoxy) is 2. The molecule has 0 aromatic heterocycles. The molecule has 1 N–H and O–H groups in total. The largest absolute Gasteiger partial charge is 0.507 e. The molecule has 2 aromatic rings. The standard InChI is InChI=1S/C14H12O5/c1-18-13(16)10-6-8-4-3-5-12(15)9(8)7-11(10)14(17)19-2/h3-7,15H,1-2H3. The van der Waals surface area contributed by atoms with Gasteiger partial charge in [-0.3, -0.25) is 0 Å². The third-order valence-corrected chi connectivity index (χ3v) is 2.81. The van der Waals surface area contributed by atoms with E-state index in [9.17, 15) is 14.7 Å². The minimum atomic E-state index is -0.662. The van der Waals surface area contributed by atoms with Crippen molar-refractivity contribution in [1.82, 2.24) is 0 Å². The topological polar surface area (TPSA) is 72.8 Å². The van der Waals surface area contributed by atoms with Crippen molar-refractivity contribution >= 4 is 22.7 Å². The van der Waals surface area contributed by atoms with Crippen LogP contribution >= 0.6 is 0 Å². The molecular weight excluding hydrogens is 248 g/mol. The van der Waals surface area contributed by atoms with Gasteiger partial charge < -0.3 is 14.6 Å².